The number of aliphatic hydroxyl groups is 1. The maximum absolute atomic E-state index is 12.7. The zero-order valence-electron chi connectivity index (χ0n) is 21.0. The summed E-state index contributed by atoms with van der Waals surface area (Å²) in [6.45, 7) is 3.33. The number of aromatic nitrogens is 1. The normalized spacial score (nSPS) is 15.5. The molecule has 6 nitrogen and oxygen atoms in total. The van der Waals surface area contributed by atoms with E-state index in [-0.39, 0.29) is 17.9 Å². The van der Waals surface area contributed by atoms with Crippen LogP contribution in [0, 0.1) is 0 Å². The van der Waals surface area contributed by atoms with Crippen molar-refractivity contribution < 1.29 is 19.4 Å². The van der Waals surface area contributed by atoms with Crippen molar-refractivity contribution in [3.05, 3.63) is 113 Å². The Kier molecular flexibility index (Phi) is 7.95. The van der Waals surface area contributed by atoms with Crippen LogP contribution in [-0.2, 0) is 16.1 Å². The van der Waals surface area contributed by atoms with Gasteiger partial charge in [0.1, 0.15) is 22.1 Å². The van der Waals surface area contributed by atoms with Crippen LogP contribution in [0.2, 0.25) is 0 Å². The summed E-state index contributed by atoms with van der Waals surface area (Å²) in [5.41, 5.74) is 2.83. The van der Waals surface area contributed by atoms with Gasteiger partial charge in [0.05, 0.1) is 23.8 Å². The fraction of sp³-hybridized carbons (Fsp3) is 0.161. The maximum Gasteiger partial charge on any atom is 0.344 e. The lowest BCUT2D eigenvalue weighted by molar-refractivity contribution is -0.138. The zero-order valence-corrected chi connectivity index (χ0v) is 21.9. The minimum absolute atomic E-state index is 0.0914. The van der Waals surface area contributed by atoms with Gasteiger partial charge in [-0.2, -0.15) is 0 Å². The number of nitrogens with zero attached hydrogens (tertiary/aromatic N) is 2. The Morgan fingerprint density at radius 1 is 1.00 bits per heavy atom. The summed E-state index contributed by atoms with van der Waals surface area (Å²) in [4.78, 5) is 17.9. The summed E-state index contributed by atoms with van der Waals surface area (Å²) in [6.07, 6.45) is 4.82. The number of esters is 1. The minimum atomic E-state index is -0.587. The van der Waals surface area contributed by atoms with Gasteiger partial charge in [-0.25, -0.2) is 9.79 Å². The first-order valence-electron chi connectivity index (χ1n) is 12.5. The first-order chi connectivity index (χ1) is 18.6. The molecule has 3 aromatic carbocycles. The molecule has 192 valence electrons. The molecule has 0 saturated heterocycles. The van der Waals surface area contributed by atoms with Gasteiger partial charge in [0, 0.05) is 29.2 Å². The average molecular weight is 525 g/mol. The molecule has 0 spiro atoms. The third-order valence-electron chi connectivity index (χ3n) is 6.02. The molecular formula is C31H28N2O4S. The number of aryl methyl sites for hydroxylation is 1. The van der Waals surface area contributed by atoms with Crippen molar-refractivity contribution >= 4 is 45.4 Å². The van der Waals surface area contributed by atoms with E-state index in [2.05, 4.69) is 27.9 Å². The quantitative estimate of drug-likeness (QED) is 0.184. The first-order valence-corrected chi connectivity index (χ1v) is 13.4. The van der Waals surface area contributed by atoms with Crippen LogP contribution in [0.1, 0.15) is 18.9 Å². The molecule has 0 unspecified atom stereocenters. The van der Waals surface area contributed by atoms with E-state index in [0.717, 1.165) is 35.2 Å². The van der Waals surface area contributed by atoms with Crippen LogP contribution in [-0.4, -0.2) is 33.9 Å². The third kappa shape index (κ3) is 5.68. The lowest BCUT2D eigenvalue weighted by Gasteiger charge is -2.07. The molecule has 0 radical (unpaired) electrons. The molecule has 38 heavy (non-hydrogen) atoms. The van der Waals surface area contributed by atoms with E-state index in [1.807, 2.05) is 78.9 Å². The topological polar surface area (TPSA) is 73.0 Å². The molecule has 1 aromatic heterocycles. The molecular weight excluding hydrogens is 496 g/mol. The van der Waals surface area contributed by atoms with E-state index in [1.165, 1.54) is 11.8 Å². The Morgan fingerprint density at radius 2 is 1.71 bits per heavy atom. The van der Waals surface area contributed by atoms with Gasteiger partial charge in [0.2, 0.25) is 0 Å². The van der Waals surface area contributed by atoms with E-state index < -0.39 is 5.97 Å². The number of aliphatic imine (C=N–C) groups is 1. The van der Waals surface area contributed by atoms with Crippen molar-refractivity contribution in [3.8, 4) is 5.75 Å². The number of fused-ring (bicyclic) bond motifs is 1. The second-order valence-electron chi connectivity index (χ2n) is 8.62. The predicted octanol–water partition coefficient (Wildman–Crippen LogP) is 7.30. The largest absolute Gasteiger partial charge is 0.506 e. The molecule has 0 fully saturated rings. The Labute approximate surface area is 225 Å². The SMILES string of the molecule is CCOC(=O)C1=C(O)/C(=C/c2cn(CCCOc3ccccc3)c3ccccc23)SC1=Nc1ccccc1. The van der Waals surface area contributed by atoms with Gasteiger partial charge >= 0.3 is 5.97 Å². The number of para-hydroxylation sites is 3. The maximum atomic E-state index is 12.7. The number of hydrogen-bond acceptors (Lipinski definition) is 6. The standard InChI is InChI=1S/C31H28N2O4S/c1-2-36-31(35)28-29(34)27(38-30(28)32-23-12-5-3-6-13-23)20-22-21-33(26-17-10-9-16-25(22)26)18-11-19-37-24-14-7-4-8-15-24/h3-10,12-17,20-21,34H,2,11,18-19H2,1H3/b27-20-,32-30?. The predicted molar refractivity (Wildman–Crippen MR) is 154 cm³/mol. The highest BCUT2D eigenvalue weighted by molar-refractivity contribution is 8.18. The Bertz CT molecular complexity index is 1520. The van der Waals surface area contributed by atoms with Crippen LogP contribution in [0.3, 0.4) is 0 Å². The molecule has 0 aliphatic carbocycles. The second-order valence-corrected chi connectivity index (χ2v) is 9.65. The molecule has 0 atom stereocenters. The number of hydrogen-bond donors (Lipinski definition) is 1. The monoisotopic (exact) mass is 524 g/mol. The minimum Gasteiger partial charge on any atom is -0.506 e. The van der Waals surface area contributed by atoms with Crippen LogP contribution in [0.4, 0.5) is 5.69 Å². The van der Waals surface area contributed by atoms with Crippen molar-refractivity contribution in [2.75, 3.05) is 13.2 Å². The van der Waals surface area contributed by atoms with Crippen LogP contribution in [0.15, 0.2) is 112 Å². The molecule has 4 aromatic rings. The van der Waals surface area contributed by atoms with Crippen LogP contribution in [0.5, 0.6) is 5.75 Å². The van der Waals surface area contributed by atoms with Gasteiger partial charge in [-0.05, 0) is 49.8 Å². The molecule has 7 heteroatoms. The van der Waals surface area contributed by atoms with E-state index in [1.54, 1.807) is 6.92 Å². The van der Waals surface area contributed by atoms with Crippen LogP contribution >= 0.6 is 11.8 Å². The number of carbonyl (C=O) groups is 1. The van der Waals surface area contributed by atoms with Crippen molar-refractivity contribution in [2.24, 2.45) is 4.99 Å². The van der Waals surface area contributed by atoms with E-state index >= 15 is 0 Å². The Morgan fingerprint density at radius 3 is 2.47 bits per heavy atom. The summed E-state index contributed by atoms with van der Waals surface area (Å²) in [5.74, 6) is 0.161. The van der Waals surface area contributed by atoms with Gasteiger partial charge < -0.3 is 19.1 Å². The average Bonchev–Trinajstić information content (AvgIpc) is 3.44. The van der Waals surface area contributed by atoms with Gasteiger partial charge in [0.15, 0.2) is 0 Å². The fourth-order valence-corrected chi connectivity index (χ4v) is 5.30. The van der Waals surface area contributed by atoms with Crippen molar-refractivity contribution in [1.82, 2.24) is 4.57 Å². The van der Waals surface area contributed by atoms with Crippen molar-refractivity contribution in [2.45, 2.75) is 19.9 Å². The summed E-state index contributed by atoms with van der Waals surface area (Å²) < 4.78 is 13.3. The highest BCUT2D eigenvalue weighted by atomic mass is 32.2. The molecule has 5 rings (SSSR count). The summed E-state index contributed by atoms with van der Waals surface area (Å²) in [5, 5.41) is 12.6. The van der Waals surface area contributed by atoms with Crippen molar-refractivity contribution in [3.63, 3.8) is 0 Å². The van der Waals surface area contributed by atoms with E-state index in [4.69, 9.17) is 9.47 Å². The van der Waals surface area contributed by atoms with Gasteiger partial charge in [-0.3, -0.25) is 0 Å². The molecule has 1 aliphatic rings. The lowest BCUT2D eigenvalue weighted by atomic mass is 10.1. The van der Waals surface area contributed by atoms with Crippen LogP contribution < -0.4 is 4.74 Å². The molecule has 1 aliphatic heterocycles. The highest BCUT2D eigenvalue weighted by Crippen LogP contribution is 2.41. The Balaban J connectivity index is 1.43. The van der Waals surface area contributed by atoms with Gasteiger partial charge in [-0.1, -0.05) is 66.4 Å². The summed E-state index contributed by atoms with van der Waals surface area (Å²) in [7, 11) is 0. The second kappa shape index (κ2) is 11.9. The smallest absolute Gasteiger partial charge is 0.344 e. The number of aliphatic hydroxyl groups excluding tert-OH is 1. The van der Waals surface area contributed by atoms with Crippen LogP contribution in [0.25, 0.3) is 17.0 Å². The molecule has 1 N–H and O–H groups in total. The number of benzene rings is 3. The number of ether oxygens (including phenoxy) is 2. The van der Waals surface area contributed by atoms with E-state index in [0.29, 0.717) is 22.2 Å². The van der Waals surface area contributed by atoms with E-state index in [9.17, 15) is 9.90 Å². The van der Waals surface area contributed by atoms with Gasteiger partial charge in [-0.15, -0.1) is 0 Å². The van der Waals surface area contributed by atoms with Gasteiger partial charge in [0.25, 0.3) is 0 Å². The number of thioether (sulfide) groups is 1. The lowest BCUT2D eigenvalue weighted by Crippen LogP contribution is -2.12. The Hall–Kier alpha value is -4.23. The summed E-state index contributed by atoms with van der Waals surface area (Å²) >= 11 is 1.26. The van der Waals surface area contributed by atoms with Crippen molar-refractivity contribution in [1.29, 1.82) is 0 Å². The molecule has 0 saturated carbocycles. The summed E-state index contributed by atoms with van der Waals surface area (Å²) in [6, 6.07) is 27.3. The number of rotatable bonds is 9. The zero-order chi connectivity index (χ0) is 26.3. The number of carbonyl (C=O) groups excluding carboxylic acids is 1. The molecule has 0 amide bonds. The molecule has 0 bridgehead atoms. The fourth-order valence-electron chi connectivity index (χ4n) is 4.27. The molecule has 2 heterocycles. The highest BCUT2D eigenvalue weighted by Gasteiger charge is 2.33. The third-order valence-corrected chi connectivity index (χ3v) is 7.04. The first kappa shape index (κ1) is 25.4.